The van der Waals surface area contributed by atoms with Crippen molar-refractivity contribution < 1.29 is 22.8 Å². The molecule has 0 saturated heterocycles. The van der Waals surface area contributed by atoms with Crippen molar-refractivity contribution >= 4 is 29.9 Å². The van der Waals surface area contributed by atoms with Crippen LogP contribution in [-0.2, 0) is 11.0 Å². The van der Waals surface area contributed by atoms with Crippen molar-refractivity contribution in [2.24, 2.45) is 5.73 Å². The lowest BCUT2D eigenvalue weighted by atomic mass is 9.92. The molecule has 0 unspecified atom stereocenters. The molecule has 142 valence electrons. The minimum atomic E-state index is -4.63. The van der Waals surface area contributed by atoms with Crippen LogP contribution in [0.3, 0.4) is 0 Å². The molecule has 0 aliphatic heterocycles. The Kier molecular flexibility index (Phi) is 8.40. The maximum absolute atomic E-state index is 13.0. The van der Waals surface area contributed by atoms with Gasteiger partial charge < -0.3 is 16.4 Å². The number of benzene rings is 1. The zero-order valence-corrected chi connectivity index (χ0v) is 15.1. The highest BCUT2D eigenvalue weighted by atomic mass is 35.5. The van der Waals surface area contributed by atoms with Crippen molar-refractivity contribution in [2.45, 2.75) is 45.3 Å². The van der Waals surface area contributed by atoms with Crippen molar-refractivity contribution in [3.8, 4) is 0 Å². The predicted molar refractivity (Wildman–Crippen MR) is 92.8 cm³/mol. The molecule has 0 spiro atoms. The summed E-state index contributed by atoms with van der Waals surface area (Å²) in [5.74, 6) is -1.19. The van der Waals surface area contributed by atoms with E-state index in [0.717, 1.165) is 12.1 Å². The molecule has 0 radical (unpaired) electrons. The van der Waals surface area contributed by atoms with Gasteiger partial charge in [0.15, 0.2) is 0 Å². The molecule has 0 saturated carbocycles. The summed E-state index contributed by atoms with van der Waals surface area (Å²) in [4.78, 5) is 23.5. The van der Waals surface area contributed by atoms with Crippen LogP contribution in [0.25, 0.3) is 0 Å². The van der Waals surface area contributed by atoms with Crippen molar-refractivity contribution in [1.82, 2.24) is 5.32 Å². The summed E-state index contributed by atoms with van der Waals surface area (Å²) in [6.45, 7) is 5.02. The summed E-state index contributed by atoms with van der Waals surface area (Å²) >= 11 is 0. The van der Waals surface area contributed by atoms with Crippen molar-refractivity contribution in [3.63, 3.8) is 0 Å². The van der Waals surface area contributed by atoms with Gasteiger partial charge in [-0.2, -0.15) is 13.2 Å². The molecular formula is C16H23ClF3N3O2. The summed E-state index contributed by atoms with van der Waals surface area (Å²) in [5, 5.41) is 4.98. The topological polar surface area (TPSA) is 84.2 Å². The van der Waals surface area contributed by atoms with Crippen LogP contribution in [0.1, 0.15) is 49.5 Å². The maximum Gasteiger partial charge on any atom is 0.416 e. The molecule has 5 nitrogen and oxygen atoms in total. The Morgan fingerprint density at radius 3 is 2.08 bits per heavy atom. The smallest absolute Gasteiger partial charge is 0.345 e. The predicted octanol–water partition coefficient (Wildman–Crippen LogP) is 3.33. The SMILES string of the molecule is CCC(CC)(CN)NC(=O)c1cc(NC(C)=O)cc(C(F)(F)F)c1.Cl. The fraction of sp³-hybridized carbons (Fsp3) is 0.500. The van der Waals surface area contributed by atoms with Gasteiger partial charge in [-0.3, -0.25) is 9.59 Å². The minimum absolute atomic E-state index is 0. The Hall–Kier alpha value is -1.80. The molecule has 9 heteroatoms. The summed E-state index contributed by atoms with van der Waals surface area (Å²) < 4.78 is 39.1. The highest BCUT2D eigenvalue weighted by Crippen LogP contribution is 2.32. The standard InChI is InChI=1S/C16H22F3N3O2.ClH/c1-4-15(5-2,9-20)22-14(24)11-6-12(16(17,18)19)8-13(7-11)21-10(3)23;/h6-8H,4-5,9,20H2,1-3H3,(H,21,23)(H,22,24);1H. The zero-order chi connectivity index (χ0) is 18.5. The van der Waals surface area contributed by atoms with Gasteiger partial charge in [0.25, 0.3) is 5.91 Å². The molecule has 1 aromatic rings. The number of alkyl halides is 3. The highest BCUT2D eigenvalue weighted by molar-refractivity contribution is 5.97. The van der Waals surface area contributed by atoms with E-state index in [1.165, 1.54) is 13.0 Å². The van der Waals surface area contributed by atoms with Crippen LogP contribution in [0.2, 0.25) is 0 Å². The highest BCUT2D eigenvalue weighted by Gasteiger charge is 2.33. The maximum atomic E-state index is 13.0. The van der Waals surface area contributed by atoms with Gasteiger partial charge in [0.2, 0.25) is 5.91 Å². The first kappa shape index (κ1) is 23.2. The molecule has 1 rings (SSSR count). The summed E-state index contributed by atoms with van der Waals surface area (Å²) in [7, 11) is 0. The van der Waals surface area contributed by atoms with E-state index in [1.54, 1.807) is 0 Å². The fourth-order valence-corrected chi connectivity index (χ4v) is 2.28. The lowest BCUT2D eigenvalue weighted by molar-refractivity contribution is -0.137. The van der Waals surface area contributed by atoms with E-state index in [0.29, 0.717) is 12.8 Å². The van der Waals surface area contributed by atoms with Gasteiger partial charge in [-0.15, -0.1) is 12.4 Å². The Bertz CT molecular complexity index is 609. The average Bonchev–Trinajstić information content (AvgIpc) is 2.50. The summed E-state index contributed by atoms with van der Waals surface area (Å²) in [5.41, 5.74) is 3.73. The van der Waals surface area contributed by atoms with Crippen LogP contribution in [-0.4, -0.2) is 23.9 Å². The Balaban J connectivity index is 0.00000576. The Labute approximate surface area is 150 Å². The number of hydrogen-bond acceptors (Lipinski definition) is 3. The first-order valence-electron chi connectivity index (χ1n) is 7.59. The third kappa shape index (κ3) is 6.21. The molecule has 25 heavy (non-hydrogen) atoms. The third-order valence-corrected chi connectivity index (χ3v) is 3.97. The molecule has 0 bridgehead atoms. The van der Waals surface area contributed by atoms with Gasteiger partial charge in [0, 0.05) is 24.7 Å². The summed E-state index contributed by atoms with van der Waals surface area (Å²) in [6.07, 6.45) is -3.55. The molecule has 0 fully saturated rings. The van der Waals surface area contributed by atoms with Crippen LogP contribution in [0.5, 0.6) is 0 Å². The van der Waals surface area contributed by atoms with E-state index in [4.69, 9.17) is 5.73 Å². The van der Waals surface area contributed by atoms with Gasteiger partial charge in [0.1, 0.15) is 0 Å². The van der Waals surface area contributed by atoms with E-state index >= 15 is 0 Å². The Morgan fingerprint density at radius 1 is 1.12 bits per heavy atom. The molecule has 4 N–H and O–H groups in total. The second-order valence-electron chi connectivity index (χ2n) is 5.62. The van der Waals surface area contributed by atoms with Gasteiger partial charge >= 0.3 is 6.18 Å². The molecule has 0 aromatic heterocycles. The fourth-order valence-electron chi connectivity index (χ4n) is 2.28. The van der Waals surface area contributed by atoms with E-state index in [1.807, 2.05) is 13.8 Å². The zero-order valence-electron chi connectivity index (χ0n) is 14.3. The lowest BCUT2D eigenvalue weighted by Crippen LogP contribution is -2.52. The average molecular weight is 382 g/mol. The largest absolute Gasteiger partial charge is 0.416 e. The van der Waals surface area contributed by atoms with Gasteiger partial charge in [-0.05, 0) is 31.0 Å². The Morgan fingerprint density at radius 2 is 1.68 bits per heavy atom. The van der Waals surface area contributed by atoms with Gasteiger partial charge in [0.05, 0.1) is 11.1 Å². The van der Waals surface area contributed by atoms with E-state index in [9.17, 15) is 22.8 Å². The monoisotopic (exact) mass is 381 g/mol. The lowest BCUT2D eigenvalue weighted by Gasteiger charge is -2.31. The molecule has 0 heterocycles. The second kappa shape index (κ2) is 9.05. The number of anilines is 1. The number of nitrogens with two attached hydrogens (primary N) is 1. The number of amides is 2. The normalized spacial score (nSPS) is 11.5. The third-order valence-electron chi connectivity index (χ3n) is 3.97. The van der Waals surface area contributed by atoms with Crippen molar-refractivity contribution in [1.29, 1.82) is 0 Å². The van der Waals surface area contributed by atoms with Crippen molar-refractivity contribution in [2.75, 3.05) is 11.9 Å². The van der Waals surface area contributed by atoms with Crippen LogP contribution in [0, 0.1) is 0 Å². The van der Waals surface area contributed by atoms with Crippen LogP contribution < -0.4 is 16.4 Å². The molecule has 2 amide bonds. The van der Waals surface area contributed by atoms with Crippen molar-refractivity contribution in [3.05, 3.63) is 29.3 Å². The number of hydrogen-bond donors (Lipinski definition) is 3. The van der Waals surface area contributed by atoms with Crippen LogP contribution in [0.15, 0.2) is 18.2 Å². The first-order valence-corrected chi connectivity index (χ1v) is 7.59. The van der Waals surface area contributed by atoms with Gasteiger partial charge in [-0.1, -0.05) is 13.8 Å². The quantitative estimate of drug-likeness (QED) is 0.706. The number of nitrogens with one attached hydrogen (secondary N) is 2. The molecule has 0 aliphatic rings. The number of rotatable bonds is 6. The molecule has 0 aliphatic carbocycles. The number of carbonyl (C=O) groups excluding carboxylic acids is 2. The second-order valence-corrected chi connectivity index (χ2v) is 5.62. The minimum Gasteiger partial charge on any atom is -0.345 e. The molecule has 0 atom stereocenters. The summed E-state index contributed by atoms with van der Waals surface area (Å²) in [6, 6.07) is 2.75. The van der Waals surface area contributed by atoms with Gasteiger partial charge in [-0.25, -0.2) is 0 Å². The van der Waals surface area contributed by atoms with Crippen LogP contribution in [0.4, 0.5) is 18.9 Å². The molecule has 1 aromatic carbocycles. The number of halogens is 4. The van der Waals surface area contributed by atoms with E-state index < -0.39 is 29.1 Å². The first-order chi connectivity index (χ1) is 11.1. The van der Waals surface area contributed by atoms with Crippen LogP contribution >= 0.6 is 12.4 Å². The van der Waals surface area contributed by atoms with E-state index in [-0.39, 0.29) is 30.2 Å². The number of carbonyl (C=O) groups is 2. The van der Waals surface area contributed by atoms with E-state index in [2.05, 4.69) is 10.6 Å². The molecular weight excluding hydrogens is 359 g/mol.